The second-order valence-electron chi connectivity index (χ2n) is 7.39. The highest BCUT2D eigenvalue weighted by atomic mass is 16.5. The van der Waals surface area contributed by atoms with E-state index in [0.717, 1.165) is 26.3 Å². The lowest BCUT2D eigenvalue weighted by molar-refractivity contribution is 0.109. The highest BCUT2D eigenvalue weighted by Gasteiger charge is 2.04. The van der Waals surface area contributed by atoms with Gasteiger partial charge >= 0.3 is 0 Å². The smallest absolute Gasteiger partial charge is 0.0591 e. The summed E-state index contributed by atoms with van der Waals surface area (Å²) in [5, 5.41) is 3.16. The molecule has 0 bridgehead atoms. The lowest BCUT2D eigenvalue weighted by Gasteiger charge is -2.22. The first kappa shape index (κ1) is 24.9. The maximum absolute atomic E-state index is 5.01. The Kier molecular flexibility index (Phi) is 21.8. The molecule has 0 aromatic carbocycles. The molecule has 0 atom stereocenters. The van der Waals surface area contributed by atoms with Gasteiger partial charge in [0.15, 0.2) is 0 Å². The van der Waals surface area contributed by atoms with E-state index in [2.05, 4.69) is 31.0 Å². The summed E-state index contributed by atoms with van der Waals surface area (Å²) in [5.41, 5.74) is 0. The van der Waals surface area contributed by atoms with E-state index >= 15 is 0 Å². The van der Waals surface area contributed by atoms with Crippen molar-refractivity contribution < 1.29 is 4.74 Å². The summed E-state index contributed by atoms with van der Waals surface area (Å²) in [6.07, 6.45) is 16.8. The molecule has 0 aliphatic carbocycles. The summed E-state index contributed by atoms with van der Waals surface area (Å²) < 4.78 is 5.01. The SMILES string of the molecule is C1COCCN1.CCCCCCN(CCCCCC)CCCCCC. The molecule has 25 heavy (non-hydrogen) atoms. The molecule has 1 aliphatic rings. The Labute approximate surface area is 159 Å². The number of hydrogen-bond acceptors (Lipinski definition) is 3. The zero-order chi connectivity index (χ0) is 18.4. The van der Waals surface area contributed by atoms with Gasteiger partial charge in [0, 0.05) is 13.1 Å². The van der Waals surface area contributed by atoms with Gasteiger partial charge in [-0.3, -0.25) is 0 Å². The first-order valence-corrected chi connectivity index (χ1v) is 11.4. The van der Waals surface area contributed by atoms with Crippen LogP contribution >= 0.6 is 0 Å². The van der Waals surface area contributed by atoms with Crippen molar-refractivity contribution in [1.29, 1.82) is 0 Å². The third kappa shape index (κ3) is 20.0. The van der Waals surface area contributed by atoms with Gasteiger partial charge in [0.1, 0.15) is 0 Å². The predicted octanol–water partition coefficient (Wildman–Crippen LogP) is 5.64. The molecule has 0 aromatic heterocycles. The van der Waals surface area contributed by atoms with Crippen LogP contribution < -0.4 is 5.32 Å². The Morgan fingerprint density at radius 3 is 1.24 bits per heavy atom. The van der Waals surface area contributed by atoms with Crippen LogP contribution in [0.5, 0.6) is 0 Å². The summed E-state index contributed by atoms with van der Waals surface area (Å²) in [4.78, 5) is 2.74. The molecule has 3 heteroatoms. The van der Waals surface area contributed by atoms with Crippen LogP contribution in [0.2, 0.25) is 0 Å². The molecule has 3 nitrogen and oxygen atoms in total. The highest BCUT2D eigenvalue weighted by Crippen LogP contribution is 2.08. The van der Waals surface area contributed by atoms with E-state index in [1.165, 1.54) is 96.7 Å². The average molecular weight is 357 g/mol. The second-order valence-corrected chi connectivity index (χ2v) is 7.39. The van der Waals surface area contributed by atoms with E-state index in [4.69, 9.17) is 4.74 Å². The molecule has 152 valence electrons. The highest BCUT2D eigenvalue weighted by molar-refractivity contribution is 4.59. The number of nitrogens with one attached hydrogen (secondary N) is 1. The third-order valence-corrected chi connectivity index (χ3v) is 4.83. The summed E-state index contributed by atoms with van der Waals surface area (Å²) in [6, 6.07) is 0. The fourth-order valence-corrected chi connectivity index (χ4v) is 3.14. The fraction of sp³-hybridized carbons (Fsp3) is 1.00. The van der Waals surface area contributed by atoms with Gasteiger partial charge in [-0.05, 0) is 38.9 Å². The maximum Gasteiger partial charge on any atom is 0.0591 e. The van der Waals surface area contributed by atoms with Gasteiger partial charge in [-0.2, -0.15) is 0 Å². The van der Waals surface area contributed by atoms with Crippen LogP contribution in [-0.2, 0) is 4.74 Å². The minimum absolute atomic E-state index is 0.889. The Morgan fingerprint density at radius 2 is 1.00 bits per heavy atom. The molecule has 1 aliphatic heterocycles. The van der Waals surface area contributed by atoms with Crippen LogP contribution in [0.25, 0.3) is 0 Å². The maximum atomic E-state index is 5.01. The van der Waals surface area contributed by atoms with Crippen molar-refractivity contribution >= 4 is 0 Å². The van der Waals surface area contributed by atoms with E-state index < -0.39 is 0 Å². The van der Waals surface area contributed by atoms with Crippen LogP contribution in [-0.4, -0.2) is 50.8 Å². The van der Waals surface area contributed by atoms with Gasteiger partial charge in [0.2, 0.25) is 0 Å². The first-order chi connectivity index (χ1) is 12.3. The summed E-state index contributed by atoms with van der Waals surface area (Å²) in [7, 11) is 0. The van der Waals surface area contributed by atoms with Crippen LogP contribution in [0.15, 0.2) is 0 Å². The third-order valence-electron chi connectivity index (χ3n) is 4.83. The zero-order valence-corrected chi connectivity index (χ0v) is 17.8. The number of morpholine rings is 1. The van der Waals surface area contributed by atoms with E-state index in [0.29, 0.717) is 0 Å². The summed E-state index contributed by atoms with van der Waals surface area (Å²) >= 11 is 0. The van der Waals surface area contributed by atoms with Gasteiger partial charge in [-0.1, -0.05) is 78.6 Å². The van der Waals surface area contributed by atoms with E-state index in [-0.39, 0.29) is 0 Å². The molecule has 1 N–H and O–H groups in total. The molecule has 1 saturated heterocycles. The van der Waals surface area contributed by atoms with Crippen LogP contribution in [0.1, 0.15) is 97.8 Å². The van der Waals surface area contributed by atoms with Gasteiger partial charge in [0.25, 0.3) is 0 Å². The monoisotopic (exact) mass is 356 g/mol. The minimum Gasteiger partial charge on any atom is -0.379 e. The predicted molar refractivity (Wildman–Crippen MR) is 113 cm³/mol. The molecular formula is C22H48N2O. The number of unbranched alkanes of at least 4 members (excludes halogenated alkanes) is 9. The quantitative estimate of drug-likeness (QED) is 0.385. The van der Waals surface area contributed by atoms with Gasteiger partial charge in [0.05, 0.1) is 13.2 Å². The number of rotatable bonds is 15. The normalized spacial score (nSPS) is 14.4. The van der Waals surface area contributed by atoms with Crippen molar-refractivity contribution in [3.8, 4) is 0 Å². The number of ether oxygens (including phenoxy) is 1. The Morgan fingerprint density at radius 1 is 0.600 bits per heavy atom. The van der Waals surface area contributed by atoms with E-state index in [1.807, 2.05) is 0 Å². The fourth-order valence-electron chi connectivity index (χ4n) is 3.14. The molecule has 0 unspecified atom stereocenters. The van der Waals surface area contributed by atoms with Crippen LogP contribution in [0, 0.1) is 0 Å². The summed E-state index contributed by atoms with van der Waals surface area (Å²) in [6.45, 7) is 14.8. The van der Waals surface area contributed by atoms with Gasteiger partial charge < -0.3 is 15.0 Å². The lowest BCUT2D eigenvalue weighted by atomic mass is 10.1. The first-order valence-electron chi connectivity index (χ1n) is 11.4. The van der Waals surface area contributed by atoms with Crippen molar-refractivity contribution in [2.24, 2.45) is 0 Å². The van der Waals surface area contributed by atoms with Gasteiger partial charge in [-0.15, -0.1) is 0 Å². The molecule has 0 aromatic rings. The Hall–Kier alpha value is -0.120. The Bertz CT molecular complexity index is 192. The standard InChI is InChI=1S/C18H39N.C4H9NO/c1-4-7-10-13-16-19(17-14-11-8-5-2)18-15-12-9-6-3;1-3-6-4-2-5-1/h4-18H2,1-3H3;5H,1-4H2. The van der Waals surface area contributed by atoms with Crippen molar-refractivity contribution in [1.82, 2.24) is 10.2 Å². The Balaban J connectivity index is 0.000000796. The van der Waals surface area contributed by atoms with Crippen LogP contribution in [0.4, 0.5) is 0 Å². The molecule has 0 spiro atoms. The van der Waals surface area contributed by atoms with E-state index in [9.17, 15) is 0 Å². The topological polar surface area (TPSA) is 24.5 Å². The molecule has 1 rings (SSSR count). The molecule has 0 saturated carbocycles. The van der Waals surface area contributed by atoms with Crippen molar-refractivity contribution in [3.63, 3.8) is 0 Å². The average Bonchev–Trinajstić information content (AvgIpc) is 2.67. The van der Waals surface area contributed by atoms with Gasteiger partial charge in [-0.25, -0.2) is 0 Å². The molecule has 0 radical (unpaired) electrons. The largest absolute Gasteiger partial charge is 0.379 e. The minimum atomic E-state index is 0.889. The van der Waals surface area contributed by atoms with Crippen molar-refractivity contribution in [3.05, 3.63) is 0 Å². The lowest BCUT2D eigenvalue weighted by Crippen LogP contribution is -2.30. The van der Waals surface area contributed by atoms with Crippen LogP contribution in [0.3, 0.4) is 0 Å². The molecule has 0 amide bonds. The van der Waals surface area contributed by atoms with Crippen molar-refractivity contribution in [2.75, 3.05) is 45.9 Å². The van der Waals surface area contributed by atoms with E-state index in [1.54, 1.807) is 0 Å². The number of hydrogen-bond donors (Lipinski definition) is 1. The number of nitrogens with zero attached hydrogens (tertiary/aromatic N) is 1. The molecule has 1 fully saturated rings. The molecular weight excluding hydrogens is 308 g/mol. The zero-order valence-electron chi connectivity index (χ0n) is 17.8. The van der Waals surface area contributed by atoms with Crippen molar-refractivity contribution in [2.45, 2.75) is 97.8 Å². The molecule has 1 heterocycles. The summed E-state index contributed by atoms with van der Waals surface area (Å²) in [5.74, 6) is 0. The second kappa shape index (κ2) is 21.9.